The summed E-state index contributed by atoms with van der Waals surface area (Å²) in [4.78, 5) is 0. The first-order chi connectivity index (χ1) is 6.98. The summed E-state index contributed by atoms with van der Waals surface area (Å²) in [6, 6.07) is 0. The standard InChI is InChI=1S/C13H27S2/c1-6-7-10-14-11-8-9-13(4,5)15-12(2)3/h12H,4,6-11H2,1-3,5H3. The average molecular weight is 247 g/mol. The molecule has 15 heavy (non-hydrogen) atoms. The molecule has 0 N–H and O–H groups in total. The Hall–Kier alpha value is 0.700. The van der Waals surface area contributed by atoms with Gasteiger partial charge in [0.25, 0.3) is 0 Å². The van der Waals surface area contributed by atoms with Crippen molar-refractivity contribution in [3.05, 3.63) is 6.92 Å². The number of rotatable bonds is 9. The lowest BCUT2D eigenvalue weighted by atomic mass is 10.1. The molecule has 0 aromatic heterocycles. The molecular formula is C13H27S2. The molecular weight excluding hydrogens is 220 g/mol. The lowest BCUT2D eigenvalue weighted by Crippen LogP contribution is -2.18. The molecule has 91 valence electrons. The molecule has 0 fully saturated rings. The van der Waals surface area contributed by atoms with Gasteiger partial charge in [0.15, 0.2) is 0 Å². The molecule has 0 bridgehead atoms. The van der Waals surface area contributed by atoms with Gasteiger partial charge < -0.3 is 0 Å². The van der Waals surface area contributed by atoms with Crippen LogP contribution in [0, 0.1) is 6.92 Å². The van der Waals surface area contributed by atoms with Gasteiger partial charge in [-0.15, -0.1) is 0 Å². The highest BCUT2D eigenvalue weighted by atomic mass is 32.2. The number of hydrogen-bond acceptors (Lipinski definition) is 2. The van der Waals surface area contributed by atoms with Crippen molar-refractivity contribution < 1.29 is 0 Å². The normalized spacial score (nSPS) is 12.4. The largest absolute Gasteiger partial charge is 0.162 e. The van der Waals surface area contributed by atoms with Crippen molar-refractivity contribution in [2.45, 2.75) is 63.4 Å². The summed E-state index contributed by atoms with van der Waals surface area (Å²) in [6.07, 6.45) is 5.25. The maximum absolute atomic E-state index is 4.30. The molecule has 0 spiro atoms. The summed E-state index contributed by atoms with van der Waals surface area (Å²) in [7, 11) is 0. The van der Waals surface area contributed by atoms with Gasteiger partial charge in [0.2, 0.25) is 0 Å². The van der Waals surface area contributed by atoms with Crippen LogP contribution in [0.25, 0.3) is 0 Å². The molecule has 0 saturated heterocycles. The van der Waals surface area contributed by atoms with Gasteiger partial charge in [0, 0.05) is 4.75 Å². The molecule has 1 atom stereocenters. The van der Waals surface area contributed by atoms with Crippen molar-refractivity contribution >= 4 is 23.5 Å². The summed E-state index contributed by atoms with van der Waals surface area (Å²) in [6.45, 7) is 13.3. The van der Waals surface area contributed by atoms with Gasteiger partial charge in [-0.1, -0.05) is 34.1 Å². The zero-order valence-electron chi connectivity index (χ0n) is 10.8. The van der Waals surface area contributed by atoms with Gasteiger partial charge in [0.05, 0.1) is 0 Å². The minimum Gasteiger partial charge on any atom is -0.162 e. The van der Waals surface area contributed by atoms with E-state index in [1.807, 2.05) is 11.8 Å². The summed E-state index contributed by atoms with van der Waals surface area (Å²) in [5.41, 5.74) is 0. The fraction of sp³-hybridized carbons (Fsp3) is 0.923. The molecule has 2 heteroatoms. The first kappa shape index (κ1) is 15.7. The van der Waals surface area contributed by atoms with Crippen LogP contribution in [0.4, 0.5) is 0 Å². The molecule has 0 nitrogen and oxygen atoms in total. The fourth-order valence-electron chi connectivity index (χ4n) is 1.52. The van der Waals surface area contributed by atoms with E-state index in [0.717, 1.165) is 0 Å². The lowest BCUT2D eigenvalue weighted by molar-refractivity contribution is 0.679. The summed E-state index contributed by atoms with van der Waals surface area (Å²) in [5.74, 6) is 2.64. The van der Waals surface area contributed by atoms with Gasteiger partial charge in [-0.25, -0.2) is 0 Å². The summed E-state index contributed by atoms with van der Waals surface area (Å²) < 4.78 is 0.222. The zero-order chi connectivity index (χ0) is 11.7. The summed E-state index contributed by atoms with van der Waals surface area (Å²) in [5, 5.41) is 0.695. The fourth-order valence-corrected chi connectivity index (χ4v) is 3.97. The third-order valence-electron chi connectivity index (χ3n) is 2.16. The predicted molar refractivity (Wildman–Crippen MR) is 78.0 cm³/mol. The van der Waals surface area contributed by atoms with Crippen molar-refractivity contribution in [1.82, 2.24) is 0 Å². The Balaban J connectivity index is 3.40. The molecule has 0 aliphatic rings. The third kappa shape index (κ3) is 11.0. The molecule has 0 rings (SSSR count). The van der Waals surface area contributed by atoms with Crippen molar-refractivity contribution in [3.63, 3.8) is 0 Å². The Kier molecular flexibility index (Phi) is 9.22. The summed E-state index contributed by atoms with van der Waals surface area (Å²) >= 11 is 4.11. The van der Waals surface area contributed by atoms with Crippen LogP contribution >= 0.6 is 23.5 Å². The van der Waals surface area contributed by atoms with E-state index in [1.54, 1.807) is 0 Å². The van der Waals surface area contributed by atoms with Crippen molar-refractivity contribution in [2.24, 2.45) is 0 Å². The van der Waals surface area contributed by atoms with Crippen LogP contribution in [-0.2, 0) is 0 Å². The third-order valence-corrected chi connectivity index (χ3v) is 4.56. The molecule has 1 unspecified atom stereocenters. The van der Waals surface area contributed by atoms with Crippen LogP contribution < -0.4 is 0 Å². The minimum absolute atomic E-state index is 0.222. The van der Waals surface area contributed by atoms with Gasteiger partial charge in [0.1, 0.15) is 0 Å². The highest BCUT2D eigenvalue weighted by Crippen LogP contribution is 2.32. The molecule has 0 saturated carbocycles. The Morgan fingerprint density at radius 1 is 1.20 bits per heavy atom. The lowest BCUT2D eigenvalue weighted by Gasteiger charge is -2.25. The monoisotopic (exact) mass is 247 g/mol. The van der Waals surface area contributed by atoms with Crippen LogP contribution in [0.2, 0.25) is 0 Å². The predicted octanol–water partition coefficient (Wildman–Crippen LogP) is 5.03. The first-order valence-electron chi connectivity index (χ1n) is 6.09. The topological polar surface area (TPSA) is 0 Å². The van der Waals surface area contributed by atoms with Crippen molar-refractivity contribution in [1.29, 1.82) is 0 Å². The molecule has 0 heterocycles. The van der Waals surface area contributed by atoms with E-state index < -0.39 is 0 Å². The quantitative estimate of drug-likeness (QED) is 0.524. The molecule has 0 amide bonds. The zero-order valence-corrected chi connectivity index (χ0v) is 12.5. The van der Waals surface area contributed by atoms with E-state index in [2.05, 4.69) is 46.4 Å². The van der Waals surface area contributed by atoms with E-state index in [0.29, 0.717) is 5.25 Å². The van der Waals surface area contributed by atoms with Crippen LogP contribution in [0.15, 0.2) is 0 Å². The highest BCUT2D eigenvalue weighted by molar-refractivity contribution is 8.01. The molecule has 1 radical (unpaired) electrons. The maximum atomic E-state index is 4.30. The molecule has 0 aromatic carbocycles. The van der Waals surface area contributed by atoms with E-state index in [9.17, 15) is 0 Å². The van der Waals surface area contributed by atoms with Gasteiger partial charge in [-0.2, -0.15) is 23.5 Å². The number of hydrogen-bond donors (Lipinski definition) is 0. The number of unbranched alkanes of at least 4 members (excludes halogenated alkanes) is 1. The van der Waals surface area contributed by atoms with E-state index in [-0.39, 0.29) is 4.75 Å². The Bertz CT molecular complexity index is 141. The Morgan fingerprint density at radius 3 is 2.33 bits per heavy atom. The first-order valence-corrected chi connectivity index (χ1v) is 8.12. The van der Waals surface area contributed by atoms with E-state index >= 15 is 0 Å². The van der Waals surface area contributed by atoms with E-state index in [1.165, 1.54) is 37.2 Å². The Morgan fingerprint density at radius 2 is 1.80 bits per heavy atom. The second kappa shape index (κ2) is 8.81. The van der Waals surface area contributed by atoms with E-state index in [4.69, 9.17) is 0 Å². The highest BCUT2D eigenvalue weighted by Gasteiger charge is 2.19. The van der Waals surface area contributed by atoms with Gasteiger partial charge in [-0.3, -0.25) is 0 Å². The molecule has 0 aliphatic carbocycles. The smallest absolute Gasteiger partial charge is 0.0135 e. The van der Waals surface area contributed by atoms with Gasteiger partial charge in [-0.05, 0) is 42.9 Å². The van der Waals surface area contributed by atoms with Crippen LogP contribution in [0.3, 0.4) is 0 Å². The second-order valence-corrected chi connectivity index (χ2v) is 8.07. The van der Waals surface area contributed by atoms with Crippen LogP contribution in [0.1, 0.15) is 53.4 Å². The van der Waals surface area contributed by atoms with Crippen molar-refractivity contribution in [3.8, 4) is 0 Å². The Labute approximate surface area is 105 Å². The van der Waals surface area contributed by atoms with Crippen molar-refractivity contribution in [2.75, 3.05) is 11.5 Å². The van der Waals surface area contributed by atoms with Crippen LogP contribution in [0.5, 0.6) is 0 Å². The molecule has 0 aliphatic heterocycles. The van der Waals surface area contributed by atoms with Gasteiger partial charge >= 0.3 is 0 Å². The number of thioether (sulfide) groups is 2. The SMILES string of the molecule is [CH2]C(C)(CCCSCCCC)SC(C)C. The maximum Gasteiger partial charge on any atom is 0.0135 e. The second-order valence-electron chi connectivity index (χ2n) is 4.69. The average Bonchev–Trinajstić information content (AvgIpc) is 2.08. The minimum atomic E-state index is 0.222. The molecule has 0 aromatic rings. The van der Waals surface area contributed by atoms with Crippen LogP contribution in [-0.4, -0.2) is 21.5 Å².